The predicted molar refractivity (Wildman–Crippen MR) is 96.7 cm³/mol. The topological polar surface area (TPSA) is 54.5 Å². The Morgan fingerprint density at radius 3 is 2.42 bits per heavy atom. The van der Waals surface area contributed by atoms with E-state index in [1.165, 1.54) is 0 Å². The second kappa shape index (κ2) is 5.91. The van der Waals surface area contributed by atoms with Crippen LogP contribution in [0, 0.1) is 11.3 Å². The normalized spacial score (nSPS) is 10.7. The molecule has 0 unspecified atom stereocenters. The highest BCUT2D eigenvalue weighted by Gasteiger charge is 2.16. The summed E-state index contributed by atoms with van der Waals surface area (Å²) < 4.78 is 2.70. The first-order valence-corrected chi connectivity index (χ1v) is 8.16. The second-order valence-electron chi connectivity index (χ2n) is 5.35. The molecule has 0 aliphatic carbocycles. The maximum atomic E-state index is 9.39. The summed E-state index contributed by atoms with van der Waals surface area (Å²) in [5.41, 5.74) is 2.78. The summed E-state index contributed by atoms with van der Waals surface area (Å²) in [6.07, 6.45) is 0. The van der Waals surface area contributed by atoms with Gasteiger partial charge in [0.05, 0.1) is 5.69 Å². The van der Waals surface area contributed by atoms with Crippen molar-refractivity contribution in [3.05, 3.63) is 76.9 Å². The Morgan fingerprint density at radius 1 is 0.917 bits per heavy atom. The Kier molecular flexibility index (Phi) is 3.60. The van der Waals surface area contributed by atoms with Crippen molar-refractivity contribution in [1.29, 1.82) is 5.26 Å². The van der Waals surface area contributed by atoms with E-state index < -0.39 is 0 Å². The van der Waals surface area contributed by atoms with E-state index in [9.17, 15) is 5.26 Å². The highest BCUT2D eigenvalue weighted by atomic mass is 79.9. The van der Waals surface area contributed by atoms with Crippen molar-refractivity contribution in [3.63, 3.8) is 0 Å². The van der Waals surface area contributed by atoms with Gasteiger partial charge in [0.15, 0.2) is 5.69 Å². The summed E-state index contributed by atoms with van der Waals surface area (Å²) in [5, 5.41) is 19.9. The number of rotatable bonds is 2. The van der Waals surface area contributed by atoms with Crippen LogP contribution in [0.5, 0.6) is 0 Å². The van der Waals surface area contributed by atoms with Gasteiger partial charge in [-0.25, -0.2) is 4.68 Å². The molecule has 0 saturated heterocycles. The van der Waals surface area contributed by atoms with E-state index in [1.54, 1.807) is 4.68 Å². The van der Waals surface area contributed by atoms with Crippen LogP contribution in [-0.2, 0) is 0 Å². The van der Waals surface area contributed by atoms with Crippen LogP contribution in [-0.4, -0.2) is 15.0 Å². The number of aromatic nitrogens is 3. The lowest BCUT2D eigenvalue weighted by Crippen LogP contribution is -1.99. The van der Waals surface area contributed by atoms with Gasteiger partial charge in [-0.3, -0.25) is 0 Å². The molecule has 0 spiro atoms. The fourth-order valence-electron chi connectivity index (χ4n) is 2.71. The Morgan fingerprint density at radius 2 is 1.67 bits per heavy atom. The van der Waals surface area contributed by atoms with Crippen molar-refractivity contribution in [2.24, 2.45) is 0 Å². The molecule has 0 radical (unpaired) electrons. The quantitative estimate of drug-likeness (QED) is 0.509. The first-order chi connectivity index (χ1) is 11.8. The molecular formula is C19H11BrN4. The van der Waals surface area contributed by atoms with Crippen LogP contribution in [0.1, 0.15) is 5.69 Å². The maximum absolute atomic E-state index is 9.39. The summed E-state index contributed by atoms with van der Waals surface area (Å²) in [6.45, 7) is 0. The summed E-state index contributed by atoms with van der Waals surface area (Å²) in [6, 6.07) is 24.1. The van der Waals surface area contributed by atoms with Crippen LogP contribution in [0.4, 0.5) is 0 Å². The molecule has 4 rings (SSSR count). The Hall–Kier alpha value is -2.97. The summed E-state index contributed by atoms with van der Waals surface area (Å²) in [5.74, 6) is 0. The Balaban J connectivity index is 1.93. The van der Waals surface area contributed by atoms with Gasteiger partial charge in [-0.05, 0) is 35.0 Å². The number of hydrogen-bond acceptors (Lipinski definition) is 3. The lowest BCUT2D eigenvalue weighted by Gasteiger charge is -2.08. The first-order valence-electron chi connectivity index (χ1n) is 7.37. The third-order valence-electron chi connectivity index (χ3n) is 3.87. The molecule has 1 heterocycles. The van der Waals surface area contributed by atoms with Crippen LogP contribution in [0.15, 0.2) is 71.2 Å². The van der Waals surface area contributed by atoms with Gasteiger partial charge in [0.2, 0.25) is 0 Å². The molecule has 0 aliphatic rings. The van der Waals surface area contributed by atoms with Crippen LogP contribution in [0.3, 0.4) is 0 Å². The smallest absolute Gasteiger partial charge is 0.191 e. The monoisotopic (exact) mass is 374 g/mol. The van der Waals surface area contributed by atoms with Gasteiger partial charge in [-0.15, -0.1) is 5.10 Å². The van der Waals surface area contributed by atoms with Crippen LogP contribution in [0.2, 0.25) is 0 Å². The predicted octanol–water partition coefficient (Wildman–Crippen LogP) is 4.72. The third kappa shape index (κ3) is 2.47. The van der Waals surface area contributed by atoms with Crippen molar-refractivity contribution >= 4 is 26.7 Å². The fourth-order valence-corrected chi connectivity index (χ4v) is 2.98. The van der Waals surface area contributed by atoms with Crippen molar-refractivity contribution < 1.29 is 0 Å². The van der Waals surface area contributed by atoms with E-state index in [4.69, 9.17) is 0 Å². The third-order valence-corrected chi connectivity index (χ3v) is 4.40. The zero-order valence-electron chi connectivity index (χ0n) is 12.5. The van der Waals surface area contributed by atoms with Gasteiger partial charge in [0.25, 0.3) is 0 Å². The van der Waals surface area contributed by atoms with Crippen LogP contribution < -0.4 is 0 Å². The van der Waals surface area contributed by atoms with E-state index in [2.05, 4.69) is 44.4 Å². The van der Waals surface area contributed by atoms with Gasteiger partial charge in [-0.2, -0.15) is 5.26 Å². The number of hydrogen-bond donors (Lipinski definition) is 0. The largest absolute Gasteiger partial charge is 0.211 e. The van der Waals surface area contributed by atoms with E-state index in [0.717, 1.165) is 26.5 Å². The maximum Gasteiger partial charge on any atom is 0.191 e. The minimum Gasteiger partial charge on any atom is -0.211 e. The molecule has 0 saturated carbocycles. The molecule has 0 N–H and O–H groups in total. The molecule has 1 aromatic heterocycles. The van der Waals surface area contributed by atoms with E-state index >= 15 is 0 Å². The van der Waals surface area contributed by atoms with Crippen LogP contribution in [0.25, 0.3) is 27.7 Å². The lowest BCUT2D eigenvalue weighted by atomic mass is 10.1. The van der Waals surface area contributed by atoms with Crippen molar-refractivity contribution in [2.75, 3.05) is 0 Å². The molecule has 0 amide bonds. The molecule has 24 heavy (non-hydrogen) atoms. The molecule has 3 aromatic carbocycles. The van der Waals surface area contributed by atoms with E-state index in [-0.39, 0.29) is 0 Å². The molecule has 4 nitrogen and oxygen atoms in total. The molecule has 0 atom stereocenters. The minimum atomic E-state index is 0.311. The molecule has 4 aromatic rings. The molecular weight excluding hydrogens is 364 g/mol. The number of fused-ring (bicyclic) bond motifs is 1. The molecule has 0 bridgehead atoms. The molecule has 0 aliphatic heterocycles. The Bertz CT molecular complexity index is 1070. The average molecular weight is 375 g/mol. The first kappa shape index (κ1) is 14.6. The minimum absolute atomic E-state index is 0.311. The zero-order chi connectivity index (χ0) is 16.5. The van der Waals surface area contributed by atoms with Crippen molar-refractivity contribution in [3.8, 4) is 23.0 Å². The van der Waals surface area contributed by atoms with Crippen molar-refractivity contribution in [2.45, 2.75) is 0 Å². The van der Waals surface area contributed by atoms with Gasteiger partial charge < -0.3 is 0 Å². The molecule has 114 valence electrons. The number of nitrogens with zero attached hydrogens (tertiary/aromatic N) is 4. The highest BCUT2D eigenvalue weighted by molar-refractivity contribution is 9.10. The molecule has 5 heteroatoms. The number of nitriles is 1. The van der Waals surface area contributed by atoms with Gasteiger partial charge in [-0.1, -0.05) is 63.6 Å². The summed E-state index contributed by atoms with van der Waals surface area (Å²) >= 11 is 3.43. The fraction of sp³-hybridized carbons (Fsp3) is 0. The second-order valence-corrected chi connectivity index (χ2v) is 6.26. The number of halogens is 1. The standard InChI is InChI=1S/C19H11BrN4/c20-16-8-5-14(6-9-16)19-18(12-21)22-23-24(19)17-10-7-13-3-1-2-4-15(13)11-17/h1-11H. The zero-order valence-corrected chi connectivity index (χ0v) is 14.1. The average Bonchev–Trinajstić information content (AvgIpc) is 3.06. The van der Waals surface area contributed by atoms with E-state index in [1.807, 2.05) is 54.6 Å². The van der Waals surface area contributed by atoms with Crippen LogP contribution >= 0.6 is 15.9 Å². The van der Waals surface area contributed by atoms with E-state index in [0.29, 0.717) is 11.4 Å². The summed E-state index contributed by atoms with van der Waals surface area (Å²) in [7, 11) is 0. The van der Waals surface area contributed by atoms with Gasteiger partial charge in [0.1, 0.15) is 11.8 Å². The van der Waals surface area contributed by atoms with Gasteiger partial charge in [0, 0.05) is 10.0 Å². The Labute approximate surface area is 147 Å². The van der Waals surface area contributed by atoms with Gasteiger partial charge >= 0.3 is 0 Å². The summed E-state index contributed by atoms with van der Waals surface area (Å²) in [4.78, 5) is 0. The lowest BCUT2D eigenvalue weighted by molar-refractivity contribution is 0.807. The molecule has 0 fully saturated rings. The SMILES string of the molecule is N#Cc1nnn(-c2ccc3ccccc3c2)c1-c1ccc(Br)cc1. The number of benzene rings is 3. The van der Waals surface area contributed by atoms with Crippen molar-refractivity contribution in [1.82, 2.24) is 15.0 Å². The highest BCUT2D eigenvalue weighted by Crippen LogP contribution is 2.27.